The average Bonchev–Trinajstić information content (AvgIpc) is 3.18. The van der Waals surface area contributed by atoms with Crippen molar-refractivity contribution in [2.75, 3.05) is 13.3 Å². The molecule has 0 fully saturated rings. The summed E-state index contributed by atoms with van der Waals surface area (Å²) >= 11 is 7.75. The van der Waals surface area contributed by atoms with E-state index in [1.807, 2.05) is 12.1 Å². The molecule has 2 N–H and O–H groups in total. The van der Waals surface area contributed by atoms with Gasteiger partial charge in [-0.1, -0.05) is 41.0 Å². The third kappa shape index (κ3) is 6.61. The molecule has 0 saturated carbocycles. The van der Waals surface area contributed by atoms with Crippen molar-refractivity contribution in [2.45, 2.75) is 24.9 Å². The van der Waals surface area contributed by atoms with Gasteiger partial charge in [-0.05, 0) is 42.5 Å². The SMILES string of the molecule is CN=C(NCc1nc(-c2cccc(Cl)c2)no1)NCc1ccc(C)cc1SC.I. The second-order valence-corrected chi connectivity index (χ2v) is 7.40. The molecule has 3 aromatic rings. The summed E-state index contributed by atoms with van der Waals surface area (Å²) in [6.07, 6.45) is 2.08. The molecule has 0 aliphatic rings. The predicted molar refractivity (Wildman–Crippen MR) is 130 cm³/mol. The fraction of sp³-hybridized carbons (Fsp3) is 0.250. The normalized spacial score (nSPS) is 11.1. The van der Waals surface area contributed by atoms with Crippen LogP contribution in [0.2, 0.25) is 5.02 Å². The third-order valence-corrected chi connectivity index (χ3v) is 5.13. The second-order valence-electron chi connectivity index (χ2n) is 6.12. The largest absolute Gasteiger partial charge is 0.352 e. The fourth-order valence-electron chi connectivity index (χ4n) is 2.63. The molecule has 0 radical (unpaired) electrons. The number of aliphatic imine (C=N–C) groups is 1. The van der Waals surface area contributed by atoms with Gasteiger partial charge in [0.25, 0.3) is 0 Å². The monoisotopic (exact) mass is 543 g/mol. The van der Waals surface area contributed by atoms with E-state index in [9.17, 15) is 0 Å². The van der Waals surface area contributed by atoms with Crippen molar-refractivity contribution in [1.82, 2.24) is 20.8 Å². The van der Waals surface area contributed by atoms with Gasteiger partial charge in [-0.2, -0.15) is 4.98 Å². The number of nitrogens with one attached hydrogen (secondary N) is 2. The van der Waals surface area contributed by atoms with E-state index in [0.717, 1.165) is 5.56 Å². The summed E-state index contributed by atoms with van der Waals surface area (Å²) in [5.41, 5.74) is 3.29. The Hall–Kier alpha value is -1.78. The summed E-state index contributed by atoms with van der Waals surface area (Å²) in [7, 11) is 1.73. The Morgan fingerprint density at radius 2 is 1.97 bits per heavy atom. The van der Waals surface area contributed by atoms with E-state index in [1.54, 1.807) is 30.9 Å². The Balaban J connectivity index is 0.00000300. The highest BCUT2D eigenvalue weighted by Crippen LogP contribution is 2.22. The number of rotatable bonds is 6. The lowest BCUT2D eigenvalue weighted by atomic mass is 10.1. The number of thioether (sulfide) groups is 1. The van der Waals surface area contributed by atoms with Crippen LogP contribution in [0, 0.1) is 6.92 Å². The lowest BCUT2D eigenvalue weighted by molar-refractivity contribution is 0.375. The van der Waals surface area contributed by atoms with Gasteiger partial charge < -0.3 is 15.2 Å². The predicted octanol–water partition coefficient (Wildman–Crippen LogP) is 4.90. The molecule has 154 valence electrons. The van der Waals surface area contributed by atoms with Crippen LogP contribution in [0.15, 0.2) is 56.9 Å². The van der Waals surface area contributed by atoms with Crippen molar-refractivity contribution in [3.8, 4) is 11.4 Å². The summed E-state index contributed by atoms with van der Waals surface area (Å²) in [4.78, 5) is 9.90. The van der Waals surface area contributed by atoms with Crippen LogP contribution in [0.1, 0.15) is 17.0 Å². The Labute approximate surface area is 196 Å². The minimum absolute atomic E-state index is 0. The number of nitrogens with zero attached hydrogens (tertiary/aromatic N) is 3. The molecule has 1 aromatic heterocycles. The Bertz CT molecular complexity index is 979. The van der Waals surface area contributed by atoms with Gasteiger partial charge >= 0.3 is 0 Å². The molecule has 0 unspecified atom stereocenters. The summed E-state index contributed by atoms with van der Waals surface area (Å²) in [5, 5.41) is 11.1. The first-order valence-electron chi connectivity index (χ1n) is 8.75. The van der Waals surface area contributed by atoms with Crippen LogP contribution >= 0.6 is 47.3 Å². The Kier molecular flexibility index (Phi) is 9.25. The van der Waals surface area contributed by atoms with E-state index in [0.29, 0.717) is 35.8 Å². The summed E-state index contributed by atoms with van der Waals surface area (Å²) in [6.45, 7) is 3.14. The average molecular weight is 544 g/mol. The maximum absolute atomic E-state index is 6.01. The van der Waals surface area contributed by atoms with Crippen molar-refractivity contribution in [2.24, 2.45) is 4.99 Å². The zero-order valence-electron chi connectivity index (χ0n) is 16.4. The molecule has 1 heterocycles. The first kappa shape index (κ1) is 23.5. The van der Waals surface area contributed by atoms with Gasteiger partial charge in [0.2, 0.25) is 11.7 Å². The Morgan fingerprint density at radius 1 is 1.17 bits per heavy atom. The number of halogens is 2. The van der Waals surface area contributed by atoms with E-state index >= 15 is 0 Å². The molecule has 9 heteroatoms. The molecule has 0 atom stereocenters. The maximum atomic E-state index is 6.01. The summed E-state index contributed by atoms with van der Waals surface area (Å²) < 4.78 is 5.31. The Morgan fingerprint density at radius 3 is 2.69 bits per heavy atom. The maximum Gasteiger partial charge on any atom is 0.246 e. The van der Waals surface area contributed by atoms with Crippen molar-refractivity contribution in [1.29, 1.82) is 0 Å². The van der Waals surface area contributed by atoms with Gasteiger partial charge in [-0.25, -0.2) is 0 Å². The molecule has 0 bridgehead atoms. The van der Waals surface area contributed by atoms with Crippen LogP contribution in [0.4, 0.5) is 0 Å². The molecule has 0 spiro atoms. The summed E-state index contributed by atoms with van der Waals surface area (Å²) in [6, 6.07) is 13.8. The van der Waals surface area contributed by atoms with Gasteiger partial charge in [-0.15, -0.1) is 35.7 Å². The van der Waals surface area contributed by atoms with Gasteiger partial charge in [0.05, 0.1) is 6.54 Å². The number of hydrogen-bond acceptors (Lipinski definition) is 5. The molecule has 0 aliphatic carbocycles. The van der Waals surface area contributed by atoms with Crippen molar-refractivity contribution in [3.63, 3.8) is 0 Å². The standard InChI is InChI=1S/C20H22ClN5OS.HI/c1-13-7-8-15(17(9-13)28-3)11-23-20(22-2)24-12-18-25-19(26-27-18)14-5-4-6-16(21)10-14;/h4-10H,11-12H2,1-3H3,(H2,22,23,24);1H. The van der Waals surface area contributed by atoms with Crippen LogP contribution < -0.4 is 10.6 Å². The lowest BCUT2D eigenvalue weighted by Gasteiger charge is -2.13. The highest BCUT2D eigenvalue weighted by molar-refractivity contribution is 14.0. The number of hydrogen-bond donors (Lipinski definition) is 2. The topological polar surface area (TPSA) is 75.3 Å². The quantitative estimate of drug-likeness (QED) is 0.199. The molecule has 6 nitrogen and oxygen atoms in total. The van der Waals surface area contributed by atoms with Crippen molar-refractivity contribution in [3.05, 3.63) is 64.5 Å². The van der Waals surface area contributed by atoms with Crippen LogP contribution in [0.5, 0.6) is 0 Å². The molecular formula is C20H23ClIN5OS. The van der Waals surface area contributed by atoms with E-state index in [1.165, 1.54) is 16.0 Å². The van der Waals surface area contributed by atoms with Gasteiger partial charge in [-0.3, -0.25) is 4.99 Å². The zero-order chi connectivity index (χ0) is 19.9. The first-order chi connectivity index (χ1) is 13.6. The molecule has 3 rings (SSSR count). The molecule has 0 aliphatic heterocycles. The van der Waals surface area contributed by atoms with E-state index in [2.05, 4.69) is 57.1 Å². The molecule has 2 aromatic carbocycles. The van der Waals surface area contributed by atoms with Crippen LogP contribution in [-0.2, 0) is 13.1 Å². The van der Waals surface area contributed by atoms with Crippen molar-refractivity contribution >= 4 is 53.3 Å². The van der Waals surface area contributed by atoms with Crippen LogP contribution in [-0.4, -0.2) is 29.4 Å². The molecule has 0 saturated heterocycles. The van der Waals surface area contributed by atoms with Gasteiger partial charge in [0.1, 0.15) is 0 Å². The number of aromatic nitrogens is 2. The zero-order valence-corrected chi connectivity index (χ0v) is 20.3. The van der Waals surface area contributed by atoms with E-state index in [4.69, 9.17) is 16.1 Å². The highest BCUT2D eigenvalue weighted by Gasteiger charge is 2.10. The number of benzene rings is 2. The minimum Gasteiger partial charge on any atom is -0.352 e. The number of guanidine groups is 1. The van der Waals surface area contributed by atoms with E-state index in [-0.39, 0.29) is 24.0 Å². The van der Waals surface area contributed by atoms with Crippen LogP contribution in [0.25, 0.3) is 11.4 Å². The smallest absolute Gasteiger partial charge is 0.246 e. The summed E-state index contributed by atoms with van der Waals surface area (Å²) in [5.74, 6) is 1.64. The van der Waals surface area contributed by atoms with Gasteiger partial charge in [0, 0.05) is 29.1 Å². The number of aryl methyl sites for hydroxylation is 1. The molecular weight excluding hydrogens is 521 g/mol. The highest BCUT2D eigenvalue weighted by atomic mass is 127. The third-order valence-electron chi connectivity index (χ3n) is 4.07. The fourth-order valence-corrected chi connectivity index (χ4v) is 3.52. The van der Waals surface area contributed by atoms with Crippen LogP contribution in [0.3, 0.4) is 0 Å². The second kappa shape index (κ2) is 11.4. The minimum atomic E-state index is 0. The van der Waals surface area contributed by atoms with Gasteiger partial charge in [0.15, 0.2) is 5.96 Å². The lowest BCUT2D eigenvalue weighted by Crippen LogP contribution is -2.36. The molecule has 29 heavy (non-hydrogen) atoms. The van der Waals surface area contributed by atoms with E-state index < -0.39 is 0 Å². The van der Waals surface area contributed by atoms with Crippen molar-refractivity contribution < 1.29 is 4.52 Å². The molecule has 0 amide bonds. The first-order valence-corrected chi connectivity index (χ1v) is 10.4.